The fraction of sp³-hybridized carbons (Fsp3) is 0.167. The van der Waals surface area contributed by atoms with E-state index < -0.39 is 5.91 Å². The predicted molar refractivity (Wildman–Crippen MR) is 100 cm³/mol. The molecular formula is C18H17ClN4O3. The van der Waals surface area contributed by atoms with Gasteiger partial charge in [-0.2, -0.15) is 0 Å². The highest BCUT2D eigenvalue weighted by Crippen LogP contribution is 2.15. The zero-order valence-electron chi connectivity index (χ0n) is 14.0. The van der Waals surface area contributed by atoms with Crippen LogP contribution in [0.5, 0.6) is 5.75 Å². The molecule has 0 aliphatic rings. The monoisotopic (exact) mass is 372 g/mol. The molecule has 2 N–H and O–H groups in total. The lowest BCUT2D eigenvalue weighted by Crippen LogP contribution is -2.37. The number of nitrogens with zero attached hydrogens (tertiary/aromatic N) is 2. The van der Waals surface area contributed by atoms with Crippen LogP contribution in [0.25, 0.3) is 10.9 Å². The van der Waals surface area contributed by atoms with Crippen molar-refractivity contribution in [3.8, 4) is 5.75 Å². The number of fused-ring (bicyclic) bond motifs is 1. The van der Waals surface area contributed by atoms with Crippen LogP contribution in [0.3, 0.4) is 0 Å². The number of carbonyl (C=O) groups excluding carboxylic acids is 1. The standard InChI is InChI=1S/C18H17ClN4O3/c1-2-23-17(25)14-5-3-4-6-15(14)20-18(23)22-21-16(24)11-26-13-9-7-12(19)8-10-13/h3-10H,2,11H2,1H3,(H,20,22)(H,21,24). The zero-order chi connectivity index (χ0) is 18.5. The van der Waals surface area contributed by atoms with Crippen molar-refractivity contribution in [2.45, 2.75) is 13.5 Å². The number of hydrogen-bond donors (Lipinski definition) is 2. The molecule has 0 saturated carbocycles. The number of hydrazine groups is 1. The lowest BCUT2D eigenvalue weighted by Gasteiger charge is -2.14. The van der Waals surface area contributed by atoms with Crippen molar-refractivity contribution in [3.63, 3.8) is 0 Å². The Morgan fingerprint density at radius 3 is 2.65 bits per heavy atom. The summed E-state index contributed by atoms with van der Waals surface area (Å²) in [5, 5.41) is 1.11. The van der Waals surface area contributed by atoms with Gasteiger partial charge in [0.05, 0.1) is 10.9 Å². The van der Waals surface area contributed by atoms with E-state index in [1.165, 1.54) is 4.57 Å². The van der Waals surface area contributed by atoms with Gasteiger partial charge in [0.15, 0.2) is 6.61 Å². The van der Waals surface area contributed by atoms with Gasteiger partial charge < -0.3 is 4.74 Å². The minimum atomic E-state index is -0.412. The highest BCUT2D eigenvalue weighted by molar-refractivity contribution is 6.30. The molecule has 1 heterocycles. The predicted octanol–water partition coefficient (Wildman–Crippen LogP) is 2.59. The van der Waals surface area contributed by atoms with E-state index in [-0.39, 0.29) is 18.1 Å². The quantitative estimate of drug-likeness (QED) is 0.650. The first kappa shape index (κ1) is 17.8. The summed E-state index contributed by atoms with van der Waals surface area (Å²) in [6, 6.07) is 13.7. The molecular weight excluding hydrogens is 356 g/mol. The second-order valence-electron chi connectivity index (χ2n) is 5.42. The van der Waals surface area contributed by atoms with Gasteiger partial charge in [-0.3, -0.25) is 25.0 Å². The summed E-state index contributed by atoms with van der Waals surface area (Å²) in [6.45, 7) is 2.04. The summed E-state index contributed by atoms with van der Waals surface area (Å²) < 4.78 is 6.81. The van der Waals surface area contributed by atoms with Crippen molar-refractivity contribution in [2.24, 2.45) is 0 Å². The van der Waals surface area contributed by atoms with Crippen molar-refractivity contribution in [1.82, 2.24) is 15.0 Å². The van der Waals surface area contributed by atoms with Crippen molar-refractivity contribution in [1.29, 1.82) is 0 Å². The largest absolute Gasteiger partial charge is 0.484 e. The van der Waals surface area contributed by atoms with E-state index in [9.17, 15) is 9.59 Å². The first-order valence-corrected chi connectivity index (χ1v) is 8.39. The second-order valence-corrected chi connectivity index (χ2v) is 5.85. The molecule has 0 unspecified atom stereocenters. The summed E-state index contributed by atoms with van der Waals surface area (Å²) in [6.07, 6.45) is 0. The number of halogens is 1. The minimum Gasteiger partial charge on any atom is -0.484 e. The lowest BCUT2D eigenvalue weighted by atomic mass is 10.2. The van der Waals surface area contributed by atoms with Crippen LogP contribution in [0.2, 0.25) is 5.02 Å². The number of hydrogen-bond acceptors (Lipinski definition) is 5. The van der Waals surface area contributed by atoms with Crippen LogP contribution in [0.1, 0.15) is 6.92 Å². The number of ether oxygens (including phenoxy) is 1. The Morgan fingerprint density at radius 2 is 1.92 bits per heavy atom. The first-order valence-electron chi connectivity index (χ1n) is 8.01. The number of nitrogens with one attached hydrogen (secondary N) is 2. The fourth-order valence-electron chi connectivity index (χ4n) is 2.40. The van der Waals surface area contributed by atoms with Crippen LogP contribution >= 0.6 is 11.6 Å². The average molecular weight is 373 g/mol. The molecule has 26 heavy (non-hydrogen) atoms. The van der Waals surface area contributed by atoms with Gasteiger partial charge >= 0.3 is 0 Å². The van der Waals surface area contributed by atoms with Crippen LogP contribution in [0.4, 0.5) is 5.95 Å². The van der Waals surface area contributed by atoms with Gasteiger partial charge in [-0.1, -0.05) is 23.7 Å². The average Bonchev–Trinajstić information content (AvgIpc) is 2.66. The van der Waals surface area contributed by atoms with Crippen molar-refractivity contribution < 1.29 is 9.53 Å². The van der Waals surface area contributed by atoms with Gasteiger partial charge in [0.1, 0.15) is 5.75 Å². The number of aromatic nitrogens is 2. The highest BCUT2D eigenvalue weighted by atomic mass is 35.5. The van der Waals surface area contributed by atoms with E-state index in [1.54, 1.807) is 48.5 Å². The molecule has 1 aromatic heterocycles. The van der Waals surface area contributed by atoms with Crippen LogP contribution in [0.15, 0.2) is 53.3 Å². The number of para-hydroxylation sites is 1. The minimum absolute atomic E-state index is 0.174. The smallest absolute Gasteiger partial charge is 0.276 e. The Morgan fingerprint density at radius 1 is 1.19 bits per heavy atom. The molecule has 7 nitrogen and oxygen atoms in total. The zero-order valence-corrected chi connectivity index (χ0v) is 14.8. The van der Waals surface area contributed by atoms with Crippen LogP contribution < -0.4 is 21.1 Å². The third-order valence-electron chi connectivity index (χ3n) is 3.68. The van der Waals surface area contributed by atoms with E-state index in [4.69, 9.17) is 16.3 Å². The Kier molecular flexibility index (Phi) is 5.38. The molecule has 3 aromatic rings. The number of benzene rings is 2. The first-order chi connectivity index (χ1) is 12.6. The molecule has 1 amide bonds. The number of anilines is 1. The Labute approximate surface area is 154 Å². The van der Waals surface area contributed by atoms with Gasteiger partial charge in [0, 0.05) is 11.6 Å². The topological polar surface area (TPSA) is 85.2 Å². The van der Waals surface area contributed by atoms with Crippen molar-refractivity contribution >= 4 is 34.4 Å². The molecule has 8 heteroatoms. The maximum Gasteiger partial charge on any atom is 0.276 e. The SMILES string of the molecule is CCn1c(NNC(=O)COc2ccc(Cl)cc2)nc2ccccc2c1=O. The summed E-state index contributed by atoms with van der Waals surface area (Å²) in [4.78, 5) is 28.9. The summed E-state index contributed by atoms with van der Waals surface area (Å²) in [5.74, 6) is 0.375. The van der Waals surface area contributed by atoms with Crippen LogP contribution in [0, 0.1) is 0 Å². The van der Waals surface area contributed by atoms with Crippen molar-refractivity contribution in [2.75, 3.05) is 12.0 Å². The van der Waals surface area contributed by atoms with Gasteiger partial charge in [0.25, 0.3) is 11.5 Å². The molecule has 0 atom stereocenters. The lowest BCUT2D eigenvalue weighted by molar-refractivity contribution is -0.122. The summed E-state index contributed by atoms with van der Waals surface area (Å²) in [5.41, 5.74) is 5.56. The van der Waals surface area contributed by atoms with Crippen LogP contribution in [-0.4, -0.2) is 22.1 Å². The van der Waals surface area contributed by atoms with Gasteiger partial charge in [-0.25, -0.2) is 4.98 Å². The van der Waals surface area contributed by atoms with Crippen molar-refractivity contribution in [3.05, 3.63) is 63.9 Å². The molecule has 134 valence electrons. The van der Waals surface area contributed by atoms with E-state index in [0.29, 0.717) is 28.2 Å². The molecule has 0 radical (unpaired) electrons. The number of rotatable bonds is 6. The fourth-order valence-corrected chi connectivity index (χ4v) is 2.52. The Bertz CT molecular complexity index is 986. The number of amides is 1. The molecule has 0 aliphatic heterocycles. The van der Waals surface area contributed by atoms with Gasteiger partial charge in [-0.15, -0.1) is 0 Å². The Balaban J connectivity index is 1.68. The van der Waals surface area contributed by atoms with Gasteiger partial charge in [-0.05, 0) is 43.3 Å². The molecule has 0 bridgehead atoms. The number of carbonyl (C=O) groups is 1. The van der Waals surface area contributed by atoms with E-state index in [2.05, 4.69) is 15.8 Å². The molecule has 0 saturated heterocycles. The second kappa shape index (κ2) is 7.88. The molecule has 3 rings (SSSR count). The normalized spacial score (nSPS) is 10.5. The van der Waals surface area contributed by atoms with E-state index in [1.807, 2.05) is 6.92 Å². The maximum absolute atomic E-state index is 12.5. The van der Waals surface area contributed by atoms with Gasteiger partial charge in [0.2, 0.25) is 5.95 Å². The third kappa shape index (κ3) is 3.94. The molecule has 2 aromatic carbocycles. The Hall–Kier alpha value is -3.06. The van der Waals surface area contributed by atoms with E-state index >= 15 is 0 Å². The molecule has 0 spiro atoms. The maximum atomic E-state index is 12.5. The summed E-state index contributed by atoms with van der Waals surface area (Å²) in [7, 11) is 0. The summed E-state index contributed by atoms with van der Waals surface area (Å²) >= 11 is 5.80. The highest BCUT2D eigenvalue weighted by Gasteiger charge is 2.10. The molecule has 0 fully saturated rings. The molecule has 0 aliphatic carbocycles. The van der Waals surface area contributed by atoms with Crippen LogP contribution in [-0.2, 0) is 11.3 Å². The van der Waals surface area contributed by atoms with E-state index in [0.717, 1.165) is 0 Å². The third-order valence-corrected chi connectivity index (χ3v) is 3.93.